The molecule has 5 fully saturated rings. The summed E-state index contributed by atoms with van der Waals surface area (Å²) < 4.78 is 17.3. The number of amides is 2. The molecule has 0 saturated carbocycles. The molecule has 4 aromatic heterocycles. The van der Waals surface area contributed by atoms with Crippen LogP contribution in [0, 0.1) is 20.8 Å². The zero-order valence-corrected chi connectivity index (χ0v) is 51.9. The van der Waals surface area contributed by atoms with E-state index in [-0.39, 0.29) is 41.6 Å². The van der Waals surface area contributed by atoms with Crippen molar-refractivity contribution in [1.29, 1.82) is 0 Å². The SMILES string of the molecule is C/C(N)=N\O.CB(O)N1CCC[C@H]1C(=O)N/C(C)=N/O.CB(O)N1CCC[C@H]1C(=O)O.CB(O)N1CCC[C@H]1c1nc(C)no1.CC1=C(C(=O)N2CCCC2c2nc(C)no2)C(c2ccc(Cl)c(Cl)c2)n2nccc2N1.Cc1noc([C@@H]2CCCN2)n1. The Morgan fingerprint density at radius 3 is 1.74 bits per heavy atom. The van der Waals surface area contributed by atoms with Gasteiger partial charge in [0.25, 0.3) is 5.91 Å². The molecular weight excluding hydrogens is 1170 g/mol. The van der Waals surface area contributed by atoms with Gasteiger partial charge in [0.05, 0.1) is 39.9 Å². The summed E-state index contributed by atoms with van der Waals surface area (Å²) in [6.45, 7) is 19.3. The molecule has 87 heavy (non-hydrogen) atoms. The molecule has 11 rings (SSSR count). The lowest BCUT2D eigenvalue weighted by Gasteiger charge is -2.33. The third kappa shape index (κ3) is 18.8. The van der Waals surface area contributed by atoms with Crippen LogP contribution in [0.1, 0.15) is 150 Å². The fourth-order valence-electron chi connectivity index (χ4n) is 10.9. The van der Waals surface area contributed by atoms with Gasteiger partial charge in [-0.05, 0) is 170 Å². The number of aryl methyl sites for hydroxylation is 3. The highest BCUT2D eigenvalue weighted by Crippen LogP contribution is 2.41. The number of carbonyl (C=O) groups excluding carboxylic acids is 2. The van der Waals surface area contributed by atoms with Gasteiger partial charge in [0.1, 0.15) is 35.6 Å². The van der Waals surface area contributed by atoms with E-state index in [1.165, 1.54) is 20.3 Å². The summed E-state index contributed by atoms with van der Waals surface area (Å²) in [5.74, 6) is 3.74. The Balaban J connectivity index is 0.000000183. The van der Waals surface area contributed by atoms with Gasteiger partial charge in [0.2, 0.25) is 23.6 Å². The van der Waals surface area contributed by atoms with E-state index in [1.54, 1.807) is 66.9 Å². The first-order valence-corrected chi connectivity index (χ1v) is 29.6. The number of halogens is 2. The number of rotatable bonds is 10. The number of carboxylic acids is 1. The van der Waals surface area contributed by atoms with Crippen LogP contribution >= 0.6 is 23.2 Å². The fourth-order valence-corrected chi connectivity index (χ4v) is 11.3. The lowest BCUT2D eigenvalue weighted by atomic mass is 9.84. The molecule has 11 N–H and O–H groups in total. The smallest absolute Gasteiger partial charge is 0.377 e. The highest BCUT2D eigenvalue weighted by molar-refractivity contribution is 6.46. The second-order valence-corrected chi connectivity index (χ2v) is 22.4. The lowest BCUT2D eigenvalue weighted by molar-refractivity contribution is -0.141. The van der Waals surface area contributed by atoms with Gasteiger partial charge in [-0.15, -0.1) is 0 Å². The molecule has 6 aliphatic heterocycles. The van der Waals surface area contributed by atoms with Crippen molar-refractivity contribution in [2.45, 2.75) is 162 Å². The van der Waals surface area contributed by atoms with E-state index in [0.717, 1.165) is 87.4 Å². The van der Waals surface area contributed by atoms with Crippen molar-refractivity contribution in [3.8, 4) is 0 Å². The number of anilines is 1. The third-order valence-electron chi connectivity index (χ3n) is 15.0. The van der Waals surface area contributed by atoms with E-state index in [9.17, 15) is 24.4 Å². The Kier molecular flexibility index (Phi) is 26.1. The molecule has 0 spiro atoms. The number of carboxylic acid groups (broad SMARTS) is 1. The van der Waals surface area contributed by atoms with E-state index in [1.807, 2.05) is 35.7 Å². The molecule has 6 atom stereocenters. The Bertz CT molecular complexity index is 3130. The van der Waals surface area contributed by atoms with Crippen molar-refractivity contribution in [1.82, 2.24) is 70.2 Å². The summed E-state index contributed by atoms with van der Waals surface area (Å²) >= 11 is 12.5. The predicted octanol–water partition coefficient (Wildman–Crippen LogP) is 4.84. The molecule has 0 radical (unpaired) electrons. The van der Waals surface area contributed by atoms with Crippen LogP contribution < -0.4 is 21.7 Å². The summed E-state index contributed by atoms with van der Waals surface area (Å²) in [4.78, 5) is 56.0. The topological polar surface area (TPSA) is 407 Å². The van der Waals surface area contributed by atoms with Crippen LogP contribution in [0.15, 0.2) is 65.6 Å². The van der Waals surface area contributed by atoms with Crippen molar-refractivity contribution in [2.75, 3.05) is 38.0 Å². The number of fused-ring (bicyclic) bond motifs is 1. The number of aromatic nitrogens is 8. The van der Waals surface area contributed by atoms with E-state index in [2.05, 4.69) is 61.8 Å². The summed E-state index contributed by atoms with van der Waals surface area (Å²) in [5.41, 5.74) is 6.98. The summed E-state index contributed by atoms with van der Waals surface area (Å²) in [6.07, 6.45) is 10.8. The van der Waals surface area contributed by atoms with Crippen LogP contribution in [0.4, 0.5) is 5.82 Å². The van der Waals surface area contributed by atoms with Crippen LogP contribution in [0.3, 0.4) is 0 Å². The van der Waals surface area contributed by atoms with Gasteiger partial charge in [0.15, 0.2) is 17.5 Å². The highest BCUT2D eigenvalue weighted by Gasteiger charge is 2.42. The van der Waals surface area contributed by atoms with Crippen molar-refractivity contribution in [3.05, 3.63) is 92.5 Å². The maximum Gasteiger partial charge on any atom is 0.377 e. The molecular formula is C52H79B3Cl2N18O12. The van der Waals surface area contributed by atoms with Gasteiger partial charge < -0.3 is 85.2 Å². The molecule has 10 heterocycles. The average Bonchev–Trinajstić information content (AvgIpc) is 1.89. The molecule has 2 unspecified atom stereocenters. The average molecular weight is 1250 g/mol. The zero-order valence-electron chi connectivity index (χ0n) is 50.4. The number of nitrogens with two attached hydrogens (primary N) is 1. The number of allylic oxidation sites excluding steroid dienone is 1. The van der Waals surface area contributed by atoms with Crippen molar-refractivity contribution < 1.29 is 58.5 Å². The number of benzene rings is 1. The minimum Gasteiger partial charge on any atom is -0.480 e. The molecule has 0 aliphatic carbocycles. The Hall–Kier alpha value is -6.97. The summed E-state index contributed by atoms with van der Waals surface area (Å²) in [7, 11) is -1.72. The normalized spacial score (nSPS) is 22.0. The Morgan fingerprint density at radius 1 is 0.701 bits per heavy atom. The number of likely N-dealkylation sites (tertiary alicyclic amines) is 1. The largest absolute Gasteiger partial charge is 0.480 e. The minimum absolute atomic E-state index is 0.0937. The molecule has 472 valence electrons. The van der Waals surface area contributed by atoms with Crippen molar-refractivity contribution in [2.24, 2.45) is 16.0 Å². The van der Waals surface area contributed by atoms with Gasteiger partial charge in [-0.2, -0.15) is 20.1 Å². The van der Waals surface area contributed by atoms with Gasteiger partial charge >= 0.3 is 27.1 Å². The van der Waals surface area contributed by atoms with Gasteiger partial charge in [0, 0.05) is 18.3 Å². The molecule has 35 heteroatoms. The number of nitrogens with zero attached hydrogens (tertiary/aromatic N) is 14. The minimum atomic E-state index is -0.830. The monoisotopic (exact) mass is 1250 g/mol. The molecule has 0 bridgehead atoms. The number of amidine groups is 2. The first-order valence-electron chi connectivity index (χ1n) is 28.8. The van der Waals surface area contributed by atoms with Crippen LogP contribution in [0.5, 0.6) is 0 Å². The van der Waals surface area contributed by atoms with Gasteiger partial charge in [-0.25, -0.2) is 4.68 Å². The van der Waals surface area contributed by atoms with Crippen LogP contribution in [0.2, 0.25) is 30.5 Å². The van der Waals surface area contributed by atoms with Crippen LogP contribution in [-0.4, -0.2) is 186 Å². The van der Waals surface area contributed by atoms with Crippen molar-refractivity contribution in [3.63, 3.8) is 0 Å². The van der Waals surface area contributed by atoms with E-state index in [0.29, 0.717) is 77.0 Å². The van der Waals surface area contributed by atoms with Gasteiger partial charge in [-0.3, -0.25) is 14.4 Å². The quantitative estimate of drug-likeness (QED) is 0.0294. The number of oxime groups is 2. The third-order valence-corrected chi connectivity index (χ3v) is 15.7. The number of aliphatic carboxylic acids is 1. The Labute approximate surface area is 515 Å². The molecule has 5 saturated heterocycles. The van der Waals surface area contributed by atoms with E-state index < -0.39 is 39.2 Å². The number of hydrogen-bond acceptors (Lipinski definition) is 25. The molecule has 1 aromatic carbocycles. The van der Waals surface area contributed by atoms with E-state index >= 15 is 0 Å². The lowest BCUT2D eigenvalue weighted by Crippen LogP contribution is -2.49. The molecule has 30 nitrogen and oxygen atoms in total. The first kappa shape index (κ1) is 69.1. The standard InChI is InChI=1S/C21H20Cl2N6O2.C8H16BN3O3.C8H14BN3O2.C7H11N3O.C6H12BNO3.C2H6N2O/c1-11-18(21(30)28-9-3-4-16(28)20-26-12(2)27-31-20)19(29-17(25-11)7-8-24-29)13-5-6-14(22)15(23)10-13;1-6(11-15)10-8(13)7-4-3-5-12(7)9(2)14;1-6-10-8(14-11-6)7-4-3-5-12(7)9(2)13;1-5-9-7(11-10-5)6-3-2-4-8-6;1-7(11)8-4-2-3-5(8)6(9)10;1-2(3)4-5/h5-8,10,16,19,25H,3-4,9H2,1-2H3;7,14-15H,3-5H2,1-2H3,(H,10,11,13);7,13H,3-5H2,1-2H3;6,8H,2-4H2,1H3;5,11H,2-4H2,1H3,(H,9,10);5H,1H3,(H2,3,4)/t;2*7-;6-;5-;/m.0000./s1. The second kappa shape index (κ2) is 32.9. The second-order valence-electron chi connectivity index (χ2n) is 21.6. The molecule has 6 aliphatic rings. The van der Waals surface area contributed by atoms with Crippen LogP contribution in [0.25, 0.3) is 0 Å². The summed E-state index contributed by atoms with van der Waals surface area (Å²) in [5, 5.41) is 84.1. The number of nitrogens with one attached hydrogen (secondary N) is 3. The zero-order chi connectivity index (χ0) is 63.6. The molecule has 5 aromatic rings. The fraction of sp³-hybridized carbons (Fsp3) is 0.577. The number of carbonyl (C=O) groups is 3. The van der Waals surface area contributed by atoms with Gasteiger partial charge in [-0.1, -0.05) is 55.0 Å². The molecule has 2 amide bonds. The predicted molar refractivity (Wildman–Crippen MR) is 323 cm³/mol. The highest BCUT2D eigenvalue weighted by atomic mass is 35.5. The summed E-state index contributed by atoms with van der Waals surface area (Å²) in [6, 6.07) is 6.16. The maximum absolute atomic E-state index is 13.9. The van der Waals surface area contributed by atoms with E-state index in [4.69, 9.17) is 63.0 Å². The number of hydrogen-bond donors (Lipinski definition) is 10. The van der Waals surface area contributed by atoms with Crippen molar-refractivity contribution >= 4 is 79.6 Å². The first-order chi connectivity index (χ1) is 41.4. The Morgan fingerprint density at radius 2 is 1.23 bits per heavy atom. The van der Waals surface area contributed by atoms with Crippen LogP contribution in [-0.2, 0) is 14.4 Å². The maximum atomic E-state index is 13.9.